The molecule has 0 saturated heterocycles. The zero-order valence-corrected chi connectivity index (χ0v) is 11.1. The number of ether oxygens (including phenoxy) is 2. The Bertz CT molecular complexity index is 407. The molecular formula is C13H20N2O3. The molecular weight excluding hydrogens is 232 g/mol. The predicted molar refractivity (Wildman–Crippen MR) is 69.3 cm³/mol. The third kappa shape index (κ3) is 3.91. The van der Waals surface area contributed by atoms with Gasteiger partial charge in [-0.15, -0.1) is 0 Å². The SMILES string of the molecule is CCCC(Oc1ccc(C)nc1N)C(=O)OCC. The topological polar surface area (TPSA) is 74.4 Å². The van der Waals surface area contributed by atoms with Gasteiger partial charge in [-0.3, -0.25) is 0 Å². The Morgan fingerprint density at radius 3 is 2.72 bits per heavy atom. The molecule has 0 aliphatic carbocycles. The van der Waals surface area contributed by atoms with Crippen LogP contribution in [0.3, 0.4) is 0 Å². The zero-order valence-electron chi connectivity index (χ0n) is 11.1. The summed E-state index contributed by atoms with van der Waals surface area (Å²) in [5.41, 5.74) is 6.56. The summed E-state index contributed by atoms with van der Waals surface area (Å²) >= 11 is 0. The van der Waals surface area contributed by atoms with Crippen molar-refractivity contribution >= 4 is 11.8 Å². The van der Waals surface area contributed by atoms with Crippen LogP contribution in [0.4, 0.5) is 5.82 Å². The van der Waals surface area contributed by atoms with E-state index in [1.165, 1.54) is 0 Å². The van der Waals surface area contributed by atoms with Crippen molar-refractivity contribution < 1.29 is 14.3 Å². The Balaban J connectivity index is 2.79. The minimum absolute atomic E-state index is 0.292. The van der Waals surface area contributed by atoms with Gasteiger partial charge in [0.1, 0.15) is 0 Å². The number of pyridine rings is 1. The first-order valence-corrected chi connectivity index (χ1v) is 6.14. The number of rotatable bonds is 6. The molecule has 0 bridgehead atoms. The minimum atomic E-state index is -0.623. The molecule has 0 spiro atoms. The Morgan fingerprint density at radius 2 is 2.17 bits per heavy atom. The van der Waals surface area contributed by atoms with Crippen LogP contribution in [0.25, 0.3) is 0 Å². The number of esters is 1. The van der Waals surface area contributed by atoms with E-state index in [2.05, 4.69) is 4.98 Å². The summed E-state index contributed by atoms with van der Waals surface area (Å²) in [6, 6.07) is 3.51. The lowest BCUT2D eigenvalue weighted by atomic mass is 10.2. The Kier molecular flexibility index (Phi) is 5.42. The Hall–Kier alpha value is -1.78. The van der Waals surface area contributed by atoms with E-state index < -0.39 is 6.10 Å². The first-order valence-electron chi connectivity index (χ1n) is 6.14. The molecule has 5 nitrogen and oxygen atoms in total. The van der Waals surface area contributed by atoms with Crippen molar-refractivity contribution in [3.05, 3.63) is 17.8 Å². The maximum atomic E-state index is 11.7. The number of carbonyl (C=O) groups is 1. The van der Waals surface area contributed by atoms with Gasteiger partial charge in [0.25, 0.3) is 0 Å². The molecule has 1 aromatic rings. The Morgan fingerprint density at radius 1 is 1.44 bits per heavy atom. The molecule has 0 amide bonds. The molecule has 0 aromatic carbocycles. The van der Waals surface area contributed by atoms with E-state index in [4.69, 9.17) is 15.2 Å². The van der Waals surface area contributed by atoms with Gasteiger partial charge in [0, 0.05) is 5.69 Å². The number of nitrogens with zero attached hydrogens (tertiary/aromatic N) is 1. The molecule has 0 radical (unpaired) electrons. The molecule has 1 rings (SSSR count). The lowest BCUT2D eigenvalue weighted by Crippen LogP contribution is -2.29. The summed E-state index contributed by atoms with van der Waals surface area (Å²) in [6.45, 7) is 5.92. The van der Waals surface area contributed by atoms with Crippen LogP contribution in [0.5, 0.6) is 5.75 Å². The lowest BCUT2D eigenvalue weighted by Gasteiger charge is -2.17. The number of hydrogen-bond donors (Lipinski definition) is 1. The van der Waals surface area contributed by atoms with E-state index >= 15 is 0 Å². The second-order valence-electron chi connectivity index (χ2n) is 3.98. The average molecular weight is 252 g/mol. The number of aryl methyl sites for hydroxylation is 1. The van der Waals surface area contributed by atoms with Crippen molar-refractivity contribution in [3.63, 3.8) is 0 Å². The fraction of sp³-hybridized carbons (Fsp3) is 0.538. The fourth-order valence-electron chi connectivity index (χ4n) is 1.54. The third-order valence-corrected chi connectivity index (χ3v) is 2.39. The first kappa shape index (κ1) is 14.3. The second-order valence-corrected chi connectivity index (χ2v) is 3.98. The number of hydrogen-bond acceptors (Lipinski definition) is 5. The molecule has 100 valence electrons. The maximum absolute atomic E-state index is 11.7. The van der Waals surface area contributed by atoms with Crippen molar-refractivity contribution in [2.45, 2.75) is 39.7 Å². The summed E-state index contributed by atoms with van der Waals surface area (Å²) in [6.07, 6.45) is 0.788. The maximum Gasteiger partial charge on any atom is 0.347 e. The van der Waals surface area contributed by atoms with E-state index in [0.29, 0.717) is 24.6 Å². The highest BCUT2D eigenvalue weighted by Crippen LogP contribution is 2.21. The van der Waals surface area contributed by atoms with E-state index in [0.717, 1.165) is 12.1 Å². The molecule has 0 fully saturated rings. The molecule has 0 saturated carbocycles. The Labute approximate surface area is 107 Å². The lowest BCUT2D eigenvalue weighted by molar-refractivity contribution is -0.151. The molecule has 1 heterocycles. The molecule has 1 atom stereocenters. The molecule has 2 N–H and O–H groups in total. The molecule has 1 unspecified atom stereocenters. The van der Waals surface area contributed by atoms with Crippen LogP contribution < -0.4 is 10.5 Å². The van der Waals surface area contributed by atoms with Gasteiger partial charge in [-0.1, -0.05) is 13.3 Å². The van der Waals surface area contributed by atoms with E-state index in [1.54, 1.807) is 19.1 Å². The fourth-order valence-corrected chi connectivity index (χ4v) is 1.54. The number of aromatic nitrogens is 1. The van der Waals surface area contributed by atoms with Crippen LogP contribution in [-0.4, -0.2) is 23.7 Å². The third-order valence-electron chi connectivity index (χ3n) is 2.39. The van der Waals surface area contributed by atoms with Gasteiger partial charge in [0.15, 0.2) is 17.7 Å². The van der Waals surface area contributed by atoms with Gasteiger partial charge in [-0.2, -0.15) is 0 Å². The van der Waals surface area contributed by atoms with Crippen LogP contribution in [0, 0.1) is 6.92 Å². The van der Waals surface area contributed by atoms with E-state index in [9.17, 15) is 4.79 Å². The minimum Gasteiger partial charge on any atom is -0.475 e. The van der Waals surface area contributed by atoms with Gasteiger partial charge in [-0.25, -0.2) is 9.78 Å². The van der Waals surface area contributed by atoms with Gasteiger partial charge in [-0.05, 0) is 32.4 Å². The van der Waals surface area contributed by atoms with Crippen molar-refractivity contribution in [1.29, 1.82) is 0 Å². The van der Waals surface area contributed by atoms with Gasteiger partial charge < -0.3 is 15.2 Å². The number of carbonyl (C=O) groups excluding carboxylic acids is 1. The zero-order chi connectivity index (χ0) is 13.5. The molecule has 1 aromatic heterocycles. The second kappa shape index (κ2) is 6.83. The smallest absolute Gasteiger partial charge is 0.347 e. The van der Waals surface area contributed by atoms with Gasteiger partial charge in [0.2, 0.25) is 0 Å². The highest BCUT2D eigenvalue weighted by molar-refractivity contribution is 5.75. The van der Waals surface area contributed by atoms with E-state index in [1.807, 2.05) is 13.8 Å². The standard InChI is InChI=1S/C13H20N2O3/c1-4-6-11(13(16)17-5-2)18-10-8-7-9(3)15-12(10)14/h7-8,11H,4-6H2,1-3H3,(H2,14,15). The molecule has 18 heavy (non-hydrogen) atoms. The van der Waals surface area contributed by atoms with Crippen molar-refractivity contribution in [2.24, 2.45) is 0 Å². The summed E-state index contributed by atoms with van der Waals surface area (Å²) < 4.78 is 10.6. The number of nitrogen functional groups attached to an aromatic ring is 1. The van der Waals surface area contributed by atoms with E-state index in [-0.39, 0.29) is 5.97 Å². The number of anilines is 1. The molecule has 0 aliphatic rings. The first-order chi connectivity index (χ1) is 8.58. The van der Waals surface area contributed by atoms with Crippen LogP contribution in [-0.2, 0) is 9.53 Å². The van der Waals surface area contributed by atoms with Crippen LogP contribution in [0.15, 0.2) is 12.1 Å². The summed E-state index contributed by atoms with van der Waals surface area (Å²) in [5.74, 6) is 0.354. The quantitative estimate of drug-likeness (QED) is 0.784. The van der Waals surface area contributed by atoms with Gasteiger partial charge in [0.05, 0.1) is 6.61 Å². The number of nitrogens with two attached hydrogens (primary N) is 1. The van der Waals surface area contributed by atoms with Crippen molar-refractivity contribution in [1.82, 2.24) is 4.98 Å². The average Bonchev–Trinajstić information content (AvgIpc) is 2.32. The molecule has 5 heteroatoms. The van der Waals surface area contributed by atoms with Crippen LogP contribution in [0.2, 0.25) is 0 Å². The van der Waals surface area contributed by atoms with Crippen LogP contribution >= 0.6 is 0 Å². The highest BCUT2D eigenvalue weighted by atomic mass is 16.6. The normalized spacial score (nSPS) is 11.9. The summed E-state index contributed by atoms with van der Waals surface area (Å²) in [7, 11) is 0. The van der Waals surface area contributed by atoms with Crippen molar-refractivity contribution in [2.75, 3.05) is 12.3 Å². The monoisotopic (exact) mass is 252 g/mol. The molecule has 0 aliphatic heterocycles. The van der Waals surface area contributed by atoms with Gasteiger partial charge >= 0.3 is 5.97 Å². The van der Waals surface area contributed by atoms with Crippen molar-refractivity contribution in [3.8, 4) is 5.75 Å². The van der Waals surface area contributed by atoms with Crippen LogP contribution in [0.1, 0.15) is 32.4 Å². The highest BCUT2D eigenvalue weighted by Gasteiger charge is 2.21. The predicted octanol–water partition coefficient (Wildman–Crippen LogP) is 2.08. The summed E-state index contributed by atoms with van der Waals surface area (Å²) in [4.78, 5) is 15.8. The largest absolute Gasteiger partial charge is 0.475 e. The summed E-state index contributed by atoms with van der Waals surface area (Å²) in [5, 5.41) is 0.